The van der Waals surface area contributed by atoms with Crippen LogP contribution in [0.5, 0.6) is 0 Å². The normalized spacial score (nSPS) is 30.4. The molecular weight excluding hydrogens is 263 g/mol. The lowest BCUT2D eigenvalue weighted by molar-refractivity contribution is 0.265. The van der Waals surface area contributed by atoms with Crippen molar-refractivity contribution in [2.45, 2.75) is 18.8 Å². The van der Waals surface area contributed by atoms with Crippen molar-refractivity contribution >= 4 is 27.5 Å². The molecule has 2 atom stereocenters. The van der Waals surface area contributed by atoms with Crippen molar-refractivity contribution < 1.29 is 5.11 Å². The lowest BCUT2D eigenvalue weighted by Crippen LogP contribution is -2.07. The fourth-order valence-corrected chi connectivity index (χ4v) is 2.89. The van der Waals surface area contributed by atoms with Crippen molar-refractivity contribution in [1.82, 2.24) is 0 Å². The van der Waals surface area contributed by atoms with Gasteiger partial charge in [0, 0.05) is 16.1 Å². The van der Waals surface area contributed by atoms with Crippen molar-refractivity contribution in [3.05, 3.63) is 33.3 Å². The van der Waals surface area contributed by atoms with Crippen LogP contribution in [0.2, 0.25) is 5.02 Å². The first kappa shape index (κ1) is 10.5. The highest BCUT2D eigenvalue weighted by Crippen LogP contribution is 2.55. The second-order valence-corrected chi connectivity index (χ2v) is 5.45. The molecule has 0 saturated heterocycles. The maximum absolute atomic E-state index is 9.10. The van der Waals surface area contributed by atoms with E-state index in [4.69, 9.17) is 16.7 Å². The smallest absolute Gasteiger partial charge is 0.0468 e. The second-order valence-electron chi connectivity index (χ2n) is 4.13. The van der Waals surface area contributed by atoms with Gasteiger partial charge in [0.1, 0.15) is 0 Å². The zero-order valence-electron chi connectivity index (χ0n) is 7.93. The molecule has 14 heavy (non-hydrogen) atoms. The standard InChI is InChI=1S/C11H12BrClO/c1-11(5-7(11)6-14)9-3-2-8(12)4-10(9)13/h2-4,7,14H,5-6H2,1H3. The molecule has 0 bridgehead atoms. The van der Waals surface area contributed by atoms with Crippen molar-refractivity contribution in [2.75, 3.05) is 6.61 Å². The fraction of sp³-hybridized carbons (Fsp3) is 0.455. The minimum Gasteiger partial charge on any atom is -0.396 e. The molecule has 2 rings (SSSR count). The van der Waals surface area contributed by atoms with Gasteiger partial charge in [-0.1, -0.05) is 40.5 Å². The van der Waals surface area contributed by atoms with E-state index in [0.29, 0.717) is 5.92 Å². The summed E-state index contributed by atoms with van der Waals surface area (Å²) >= 11 is 9.55. The molecule has 1 N–H and O–H groups in total. The van der Waals surface area contributed by atoms with Crippen LogP contribution >= 0.6 is 27.5 Å². The van der Waals surface area contributed by atoms with Crippen LogP contribution in [0.25, 0.3) is 0 Å². The molecule has 1 aliphatic rings. The maximum atomic E-state index is 9.10. The van der Waals surface area contributed by atoms with Gasteiger partial charge in [0.05, 0.1) is 0 Å². The monoisotopic (exact) mass is 274 g/mol. The Morgan fingerprint density at radius 3 is 2.86 bits per heavy atom. The zero-order chi connectivity index (χ0) is 10.3. The molecule has 0 amide bonds. The summed E-state index contributed by atoms with van der Waals surface area (Å²) in [5.74, 6) is 0.376. The quantitative estimate of drug-likeness (QED) is 0.877. The number of benzene rings is 1. The largest absolute Gasteiger partial charge is 0.396 e. The first-order valence-corrected chi connectivity index (χ1v) is 5.81. The molecule has 0 aliphatic heterocycles. The van der Waals surface area contributed by atoms with Gasteiger partial charge in [0.25, 0.3) is 0 Å². The Bertz CT molecular complexity index is 366. The lowest BCUT2D eigenvalue weighted by Gasteiger charge is -2.13. The molecule has 1 saturated carbocycles. The number of aliphatic hydroxyl groups excluding tert-OH is 1. The molecule has 3 heteroatoms. The molecule has 1 aromatic carbocycles. The van der Waals surface area contributed by atoms with Gasteiger partial charge in [0.15, 0.2) is 0 Å². The molecular formula is C11H12BrClO. The molecule has 76 valence electrons. The SMILES string of the molecule is CC1(c2ccc(Br)cc2Cl)CC1CO. The predicted molar refractivity (Wildman–Crippen MR) is 61.7 cm³/mol. The average molecular weight is 276 g/mol. The van der Waals surface area contributed by atoms with Crippen molar-refractivity contribution in [3.8, 4) is 0 Å². The van der Waals surface area contributed by atoms with Gasteiger partial charge in [-0.25, -0.2) is 0 Å². The topological polar surface area (TPSA) is 20.2 Å². The Morgan fingerprint density at radius 1 is 1.64 bits per heavy atom. The summed E-state index contributed by atoms with van der Waals surface area (Å²) in [5.41, 5.74) is 1.24. The van der Waals surface area contributed by atoms with Gasteiger partial charge >= 0.3 is 0 Å². The highest BCUT2D eigenvalue weighted by molar-refractivity contribution is 9.10. The first-order valence-electron chi connectivity index (χ1n) is 4.64. The minimum absolute atomic E-state index is 0.0898. The Kier molecular flexibility index (Phi) is 2.63. The third-order valence-corrected chi connectivity index (χ3v) is 3.98. The van der Waals surface area contributed by atoms with E-state index in [1.54, 1.807) is 0 Å². The van der Waals surface area contributed by atoms with Crippen LogP contribution in [0.3, 0.4) is 0 Å². The zero-order valence-corrected chi connectivity index (χ0v) is 10.3. The Morgan fingerprint density at radius 2 is 2.36 bits per heavy atom. The molecule has 1 fully saturated rings. The van der Waals surface area contributed by atoms with Crippen LogP contribution in [0, 0.1) is 5.92 Å². The van der Waals surface area contributed by atoms with Crippen LogP contribution in [0.4, 0.5) is 0 Å². The van der Waals surface area contributed by atoms with E-state index in [9.17, 15) is 0 Å². The third-order valence-electron chi connectivity index (χ3n) is 3.18. The molecule has 0 heterocycles. The molecule has 1 aliphatic carbocycles. The molecule has 0 spiro atoms. The van der Waals surface area contributed by atoms with E-state index in [2.05, 4.69) is 22.9 Å². The fourth-order valence-electron chi connectivity index (χ4n) is 2.00. The molecule has 1 nitrogen and oxygen atoms in total. The van der Waals surface area contributed by atoms with Crippen LogP contribution in [0.15, 0.2) is 22.7 Å². The highest BCUT2D eigenvalue weighted by atomic mass is 79.9. The Balaban J connectivity index is 2.34. The van der Waals surface area contributed by atoms with Gasteiger partial charge in [-0.2, -0.15) is 0 Å². The summed E-state index contributed by atoms with van der Waals surface area (Å²) in [6.07, 6.45) is 1.03. The number of aliphatic hydroxyl groups is 1. The maximum Gasteiger partial charge on any atom is 0.0468 e. The van der Waals surface area contributed by atoms with Crippen LogP contribution in [-0.2, 0) is 5.41 Å². The van der Waals surface area contributed by atoms with E-state index in [0.717, 1.165) is 21.5 Å². The molecule has 0 radical (unpaired) electrons. The minimum atomic E-state index is 0.0898. The Labute approximate surface area is 97.2 Å². The summed E-state index contributed by atoms with van der Waals surface area (Å²) in [7, 11) is 0. The van der Waals surface area contributed by atoms with E-state index >= 15 is 0 Å². The van der Waals surface area contributed by atoms with Crippen LogP contribution in [0.1, 0.15) is 18.9 Å². The summed E-state index contributed by atoms with van der Waals surface area (Å²) in [6.45, 7) is 2.41. The van der Waals surface area contributed by atoms with Crippen molar-refractivity contribution in [2.24, 2.45) is 5.92 Å². The van der Waals surface area contributed by atoms with Gasteiger partial charge in [0.2, 0.25) is 0 Å². The van der Waals surface area contributed by atoms with E-state index in [1.807, 2.05) is 18.2 Å². The van der Waals surface area contributed by atoms with Crippen LogP contribution in [-0.4, -0.2) is 11.7 Å². The number of halogens is 2. The van der Waals surface area contributed by atoms with Gasteiger partial charge in [-0.15, -0.1) is 0 Å². The summed E-state index contributed by atoms with van der Waals surface area (Å²) in [6, 6.07) is 5.95. The lowest BCUT2D eigenvalue weighted by atomic mass is 9.96. The van der Waals surface area contributed by atoms with Gasteiger partial charge < -0.3 is 5.11 Å². The number of hydrogen-bond acceptors (Lipinski definition) is 1. The molecule has 0 aromatic heterocycles. The van der Waals surface area contributed by atoms with Crippen molar-refractivity contribution in [3.63, 3.8) is 0 Å². The third kappa shape index (κ3) is 1.60. The second kappa shape index (κ2) is 3.51. The van der Waals surface area contributed by atoms with Crippen molar-refractivity contribution in [1.29, 1.82) is 0 Å². The predicted octanol–water partition coefficient (Wildman–Crippen LogP) is 3.37. The van der Waals surface area contributed by atoms with Gasteiger partial charge in [-0.3, -0.25) is 0 Å². The molecule has 2 unspecified atom stereocenters. The first-order chi connectivity index (χ1) is 6.58. The summed E-state index contributed by atoms with van der Waals surface area (Å²) in [4.78, 5) is 0. The van der Waals surface area contributed by atoms with E-state index < -0.39 is 0 Å². The number of hydrogen-bond donors (Lipinski definition) is 1. The van der Waals surface area contributed by atoms with Gasteiger partial charge in [-0.05, 0) is 35.4 Å². The number of rotatable bonds is 2. The summed E-state index contributed by atoms with van der Waals surface area (Å²) in [5, 5.41) is 9.89. The van der Waals surface area contributed by atoms with E-state index in [1.165, 1.54) is 0 Å². The van der Waals surface area contributed by atoms with Crippen LogP contribution < -0.4 is 0 Å². The Hall–Kier alpha value is -0.0500. The molecule has 1 aromatic rings. The highest BCUT2D eigenvalue weighted by Gasteiger charge is 2.51. The van der Waals surface area contributed by atoms with E-state index in [-0.39, 0.29) is 12.0 Å². The summed E-state index contributed by atoms with van der Waals surface area (Å²) < 4.78 is 0.996. The average Bonchev–Trinajstić information content (AvgIpc) is 2.77.